The van der Waals surface area contributed by atoms with Crippen LogP contribution >= 0.6 is 0 Å². The Morgan fingerprint density at radius 3 is 2.96 bits per heavy atom. The standard InChI is InChI=1S/C19H25N5O2/c25-18(6-5-15-7-9-20-12-15)21-13-16-3-1-4-17(11-16)23-19(26)14-24-10-2-8-22-24/h1-4,8,10-11,15,20H,5-7,9,12-14H2,(H,21,25)(H,23,26). The fourth-order valence-electron chi connectivity index (χ4n) is 3.09. The average Bonchev–Trinajstić information content (AvgIpc) is 3.32. The molecule has 1 atom stereocenters. The number of nitrogens with zero attached hydrogens (tertiary/aromatic N) is 2. The number of hydrogen-bond acceptors (Lipinski definition) is 4. The van der Waals surface area contributed by atoms with E-state index in [0.717, 1.165) is 31.5 Å². The molecule has 1 fully saturated rings. The number of carbonyl (C=O) groups excluding carboxylic acids is 2. The third-order valence-corrected chi connectivity index (χ3v) is 4.51. The Hall–Kier alpha value is -2.67. The zero-order valence-corrected chi connectivity index (χ0v) is 14.8. The van der Waals surface area contributed by atoms with Gasteiger partial charge in [-0.3, -0.25) is 14.3 Å². The number of hydrogen-bond donors (Lipinski definition) is 3. The first kappa shape index (κ1) is 18.1. The molecule has 7 nitrogen and oxygen atoms in total. The van der Waals surface area contributed by atoms with Crippen LogP contribution in [0.25, 0.3) is 0 Å². The van der Waals surface area contributed by atoms with Crippen LogP contribution in [0.4, 0.5) is 5.69 Å². The molecule has 0 spiro atoms. The smallest absolute Gasteiger partial charge is 0.246 e. The molecule has 0 bridgehead atoms. The number of rotatable bonds is 8. The number of nitrogens with one attached hydrogen (secondary N) is 3. The van der Waals surface area contributed by atoms with E-state index in [9.17, 15) is 9.59 Å². The van der Waals surface area contributed by atoms with Crippen molar-refractivity contribution in [1.82, 2.24) is 20.4 Å². The van der Waals surface area contributed by atoms with Crippen molar-refractivity contribution < 1.29 is 9.59 Å². The van der Waals surface area contributed by atoms with Crippen molar-refractivity contribution in [2.75, 3.05) is 18.4 Å². The van der Waals surface area contributed by atoms with Gasteiger partial charge in [-0.05, 0) is 55.6 Å². The zero-order chi connectivity index (χ0) is 18.2. The maximum absolute atomic E-state index is 12.0. The molecule has 2 amide bonds. The first-order chi connectivity index (χ1) is 12.7. The Kier molecular flexibility index (Phi) is 6.38. The quantitative estimate of drug-likeness (QED) is 0.670. The third kappa shape index (κ3) is 5.70. The molecule has 1 aliphatic heterocycles. The Morgan fingerprint density at radius 1 is 1.27 bits per heavy atom. The lowest BCUT2D eigenvalue weighted by molar-refractivity contribution is -0.121. The predicted molar refractivity (Wildman–Crippen MR) is 99.4 cm³/mol. The van der Waals surface area contributed by atoms with Gasteiger partial charge in [0.05, 0.1) is 0 Å². The van der Waals surface area contributed by atoms with Crippen molar-refractivity contribution in [3.8, 4) is 0 Å². The Bertz CT molecular complexity index is 723. The van der Waals surface area contributed by atoms with Crippen LogP contribution in [0.5, 0.6) is 0 Å². The van der Waals surface area contributed by atoms with Crippen LogP contribution in [0, 0.1) is 5.92 Å². The summed E-state index contributed by atoms with van der Waals surface area (Å²) in [6.45, 7) is 2.72. The van der Waals surface area contributed by atoms with E-state index in [1.807, 2.05) is 24.3 Å². The van der Waals surface area contributed by atoms with Crippen LogP contribution in [0.15, 0.2) is 42.7 Å². The van der Waals surface area contributed by atoms with Gasteiger partial charge in [0.2, 0.25) is 11.8 Å². The summed E-state index contributed by atoms with van der Waals surface area (Å²) in [5.74, 6) is 0.555. The molecule has 2 heterocycles. The first-order valence-corrected chi connectivity index (χ1v) is 9.02. The van der Waals surface area contributed by atoms with Gasteiger partial charge in [-0.1, -0.05) is 12.1 Å². The van der Waals surface area contributed by atoms with Gasteiger partial charge in [0.25, 0.3) is 0 Å². The summed E-state index contributed by atoms with van der Waals surface area (Å²) < 4.78 is 1.57. The Balaban J connectivity index is 1.43. The second-order valence-corrected chi connectivity index (χ2v) is 6.63. The van der Waals surface area contributed by atoms with E-state index in [1.165, 1.54) is 0 Å². The van der Waals surface area contributed by atoms with E-state index in [1.54, 1.807) is 23.1 Å². The molecular formula is C19H25N5O2. The van der Waals surface area contributed by atoms with Gasteiger partial charge >= 0.3 is 0 Å². The molecular weight excluding hydrogens is 330 g/mol. The van der Waals surface area contributed by atoms with E-state index in [0.29, 0.717) is 24.6 Å². The van der Waals surface area contributed by atoms with Crippen molar-refractivity contribution in [3.63, 3.8) is 0 Å². The maximum atomic E-state index is 12.0. The number of carbonyl (C=O) groups is 2. The fourth-order valence-corrected chi connectivity index (χ4v) is 3.09. The molecule has 1 aliphatic rings. The van der Waals surface area contributed by atoms with Gasteiger partial charge in [-0.15, -0.1) is 0 Å². The molecule has 1 unspecified atom stereocenters. The lowest BCUT2D eigenvalue weighted by Crippen LogP contribution is -2.23. The van der Waals surface area contributed by atoms with Crippen LogP contribution in [-0.2, 0) is 22.7 Å². The summed E-state index contributed by atoms with van der Waals surface area (Å²) >= 11 is 0. The zero-order valence-electron chi connectivity index (χ0n) is 14.8. The highest BCUT2D eigenvalue weighted by Gasteiger charge is 2.15. The highest BCUT2D eigenvalue weighted by atomic mass is 16.2. The normalized spacial score (nSPS) is 16.4. The minimum Gasteiger partial charge on any atom is -0.352 e. The van der Waals surface area contributed by atoms with Crippen LogP contribution < -0.4 is 16.0 Å². The highest BCUT2D eigenvalue weighted by molar-refractivity contribution is 5.90. The third-order valence-electron chi connectivity index (χ3n) is 4.51. The lowest BCUT2D eigenvalue weighted by Gasteiger charge is -2.10. The minimum absolute atomic E-state index is 0.0741. The molecule has 7 heteroatoms. The number of benzene rings is 1. The summed E-state index contributed by atoms with van der Waals surface area (Å²) in [6.07, 6.45) is 6.04. The van der Waals surface area contributed by atoms with Crippen LogP contribution in [0.3, 0.4) is 0 Å². The topological polar surface area (TPSA) is 88.0 Å². The van der Waals surface area contributed by atoms with Crippen molar-refractivity contribution in [3.05, 3.63) is 48.3 Å². The molecule has 3 rings (SSSR count). The molecule has 1 aromatic carbocycles. The molecule has 3 N–H and O–H groups in total. The predicted octanol–water partition coefficient (Wildman–Crippen LogP) is 1.53. The fraction of sp³-hybridized carbons (Fsp3) is 0.421. The molecule has 0 saturated carbocycles. The molecule has 138 valence electrons. The second-order valence-electron chi connectivity index (χ2n) is 6.63. The van der Waals surface area contributed by atoms with E-state index >= 15 is 0 Å². The summed E-state index contributed by atoms with van der Waals surface area (Å²) in [5, 5.41) is 13.1. The number of anilines is 1. The molecule has 0 aliphatic carbocycles. The molecule has 0 radical (unpaired) electrons. The van der Waals surface area contributed by atoms with Crippen molar-refractivity contribution >= 4 is 17.5 Å². The van der Waals surface area contributed by atoms with Gasteiger partial charge in [-0.2, -0.15) is 5.10 Å². The highest BCUT2D eigenvalue weighted by Crippen LogP contribution is 2.14. The minimum atomic E-state index is -0.139. The van der Waals surface area contributed by atoms with E-state index in [4.69, 9.17) is 0 Å². The van der Waals surface area contributed by atoms with Crippen molar-refractivity contribution in [2.24, 2.45) is 5.92 Å². The summed E-state index contributed by atoms with van der Waals surface area (Å²) in [6, 6.07) is 9.29. The second kappa shape index (κ2) is 9.15. The van der Waals surface area contributed by atoms with Crippen LogP contribution in [0.2, 0.25) is 0 Å². The summed E-state index contributed by atoms with van der Waals surface area (Å²) in [5.41, 5.74) is 1.67. The lowest BCUT2D eigenvalue weighted by atomic mass is 10.0. The van der Waals surface area contributed by atoms with E-state index in [2.05, 4.69) is 21.0 Å². The number of aromatic nitrogens is 2. The van der Waals surface area contributed by atoms with Gasteiger partial charge in [0.1, 0.15) is 6.54 Å². The largest absolute Gasteiger partial charge is 0.352 e. The first-order valence-electron chi connectivity index (χ1n) is 9.02. The Labute approximate surface area is 153 Å². The summed E-state index contributed by atoms with van der Waals surface area (Å²) in [7, 11) is 0. The molecule has 1 saturated heterocycles. The van der Waals surface area contributed by atoms with Gasteiger partial charge in [-0.25, -0.2) is 0 Å². The monoisotopic (exact) mass is 355 g/mol. The van der Waals surface area contributed by atoms with Gasteiger partial charge in [0, 0.05) is 31.0 Å². The average molecular weight is 355 g/mol. The van der Waals surface area contributed by atoms with Gasteiger partial charge in [0.15, 0.2) is 0 Å². The van der Waals surface area contributed by atoms with Crippen LogP contribution in [0.1, 0.15) is 24.8 Å². The maximum Gasteiger partial charge on any atom is 0.246 e. The van der Waals surface area contributed by atoms with E-state index in [-0.39, 0.29) is 18.4 Å². The number of amides is 2. The Morgan fingerprint density at radius 2 is 2.19 bits per heavy atom. The van der Waals surface area contributed by atoms with Crippen LogP contribution in [-0.4, -0.2) is 34.7 Å². The molecule has 2 aromatic rings. The SMILES string of the molecule is O=C(CCC1CCNC1)NCc1cccc(NC(=O)Cn2cccn2)c1. The van der Waals surface area contributed by atoms with Crippen molar-refractivity contribution in [1.29, 1.82) is 0 Å². The van der Waals surface area contributed by atoms with Crippen molar-refractivity contribution in [2.45, 2.75) is 32.4 Å². The van der Waals surface area contributed by atoms with E-state index < -0.39 is 0 Å². The van der Waals surface area contributed by atoms with Gasteiger partial charge < -0.3 is 16.0 Å². The molecule has 26 heavy (non-hydrogen) atoms. The summed E-state index contributed by atoms with van der Waals surface area (Å²) in [4.78, 5) is 24.0. The molecule has 1 aromatic heterocycles.